The van der Waals surface area contributed by atoms with Crippen molar-refractivity contribution in [3.05, 3.63) is 29.8 Å². The van der Waals surface area contributed by atoms with Crippen molar-refractivity contribution in [2.45, 2.75) is 37.7 Å². The fourth-order valence-corrected chi connectivity index (χ4v) is 2.75. The van der Waals surface area contributed by atoms with Crippen LogP contribution in [-0.4, -0.2) is 22.2 Å². The third kappa shape index (κ3) is 2.52. The molecule has 0 aliphatic heterocycles. The van der Waals surface area contributed by atoms with Gasteiger partial charge in [-0.3, -0.25) is 0 Å². The molecule has 0 radical (unpaired) electrons. The molecular weight excluding hydrogens is 268 g/mol. The van der Waals surface area contributed by atoms with E-state index < -0.39 is 5.60 Å². The first kappa shape index (κ1) is 13.7. The summed E-state index contributed by atoms with van der Waals surface area (Å²) in [6, 6.07) is 5.36. The van der Waals surface area contributed by atoms with E-state index in [1.807, 2.05) is 6.07 Å². The van der Waals surface area contributed by atoms with Gasteiger partial charge in [0, 0.05) is 13.3 Å². The lowest BCUT2D eigenvalue weighted by Crippen LogP contribution is -2.32. The van der Waals surface area contributed by atoms with Crippen LogP contribution in [0.15, 0.2) is 22.9 Å². The molecule has 3 rings (SSSR count). The Bertz CT molecular complexity index is 651. The highest BCUT2D eigenvalue weighted by Gasteiger charge is 2.38. The fourth-order valence-electron chi connectivity index (χ4n) is 2.75. The lowest BCUT2D eigenvalue weighted by molar-refractivity contribution is -0.0527. The molecule has 0 saturated heterocycles. The summed E-state index contributed by atoms with van der Waals surface area (Å²) in [5, 5.41) is 12.9. The van der Waals surface area contributed by atoms with Crippen molar-refractivity contribution in [2.75, 3.05) is 7.11 Å². The van der Waals surface area contributed by atoms with E-state index in [9.17, 15) is 0 Å². The van der Waals surface area contributed by atoms with Crippen molar-refractivity contribution < 1.29 is 9.26 Å². The Balaban J connectivity index is 1.90. The molecule has 2 aromatic rings. The van der Waals surface area contributed by atoms with Crippen LogP contribution in [0.4, 0.5) is 0 Å². The molecule has 0 bridgehead atoms. The Morgan fingerprint density at radius 1 is 1.29 bits per heavy atom. The first-order chi connectivity index (χ1) is 10.3. The number of ether oxygens (including phenoxy) is 1. The maximum Gasteiger partial charge on any atom is 0.259 e. The van der Waals surface area contributed by atoms with Crippen molar-refractivity contribution in [3.8, 4) is 17.5 Å². The van der Waals surface area contributed by atoms with Crippen molar-refractivity contribution in [2.24, 2.45) is 0 Å². The molecule has 1 saturated carbocycles. The monoisotopic (exact) mass is 284 g/mol. The van der Waals surface area contributed by atoms with Gasteiger partial charge in [0.1, 0.15) is 17.4 Å². The average molecular weight is 284 g/mol. The van der Waals surface area contributed by atoms with Crippen LogP contribution < -0.4 is 0 Å². The third-order valence-electron chi connectivity index (χ3n) is 4.01. The lowest BCUT2D eigenvalue weighted by Gasteiger charge is -2.32. The van der Waals surface area contributed by atoms with E-state index in [4.69, 9.17) is 14.5 Å². The zero-order chi connectivity index (χ0) is 14.7. The van der Waals surface area contributed by atoms with Crippen LogP contribution in [0.1, 0.15) is 43.6 Å². The number of hydrogen-bond donors (Lipinski definition) is 0. The summed E-state index contributed by atoms with van der Waals surface area (Å²) < 4.78 is 11.0. The molecule has 0 N–H and O–H groups in total. The highest BCUT2D eigenvalue weighted by atomic mass is 16.5. The Kier molecular flexibility index (Phi) is 3.67. The molecule has 2 aromatic heterocycles. The van der Waals surface area contributed by atoms with Crippen LogP contribution in [0.3, 0.4) is 0 Å². The van der Waals surface area contributed by atoms with Crippen LogP contribution in [-0.2, 0) is 10.3 Å². The predicted octanol–water partition coefficient (Wildman–Crippen LogP) is 2.81. The van der Waals surface area contributed by atoms with Gasteiger partial charge in [-0.05, 0) is 25.0 Å². The average Bonchev–Trinajstić information content (AvgIpc) is 3.06. The summed E-state index contributed by atoms with van der Waals surface area (Å²) in [4.78, 5) is 8.49. The number of nitrogens with zero attached hydrogens (tertiary/aromatic N) is 4. The standard InChI is InChI=1S/C15H16N4O2/c1-20-15(7-3-2-4-8-15)14-18-13(21-19-14)11-5-6-12(9-16)17-10-11/h5-6,10H,2-4,7-8H2,1H3. The van der Waals surface area contributed by atoms with Crippen LogP contribution in [0.5, 0.6) is 0 Å². The van der Waals surface area contributed by atoms with E-state index in [1.165, 1.54) is 6.42 Å². The molecule has 1 aliphatic rings. The minimum atomic E-state index is -0.431. The number of rotatable bonds is 3. The van der Waals surface area contributed by atoms with Crippen molar-refractivity contribution in [1.82, 2.24) is 15.1 Å². The number of pyridine rings is 1. The molecule has 2 heterocycles. The van der Waals surface area contributed by atoms with Crippen molar-refractivity contribution in [1.29, 1.82) is 5.26 Å². The quantitative estimate of drug-likeness (QED) is 0.861. The van der Waals surface area contributed by atoms with Crippen LogP contribution in [0.2, 0.25) is 0 Å². The zero-order valence-corrected chi connectivity index (χ0v) is 11.9. The lowest BCUT2D eigenvalue weighted by atomic mass is 9.84. The van der Waals surface area contributed by atoms with Gasteiger partial charge in [0.15, 0.2) is 0 Å². The molecule has 0 aromatic carbocycles. The highest BCUT2D eigenvalue weighted by molar-refractivity contribution is 5.51. The summed E-state index contributed by atoms with van der Waals surface area (Å²) in [7, 11) is 1.70. The fraction of sp³-hybridized carbons (Fsp3) is 0.467. The molecule has 1 fully saturated rings. The minimum absolute atomic E-state index is 0.360. The molecule has 0 amide bonds. The number of methoxy groups -OCH3 is 1. The molecule has 6 nitrogen and oxygen atoms in total. The summed E-state index contributed by atoms with van der Waals surface area (Å²) in [6.07, 6.45) is 6.82. The van der Waals surface area contributed by atoms with E-state index in [-0.39, 0.29) is 0 Å². The summed E-state index contributed by atoms with van der Waals surface area (Å²) in [6.45, 7) is 0. The smallest absolute Gasteiger partial charge is 0.259 e. The summed E-state index contributed by atoms with van der Waals surface area (Å²) in [5.41, 5.74) is 0.633. The Labute approximate surface area is 122 Å². The van der Waals surface area contributed by atoms with Gasteiger partial charge in [0.2, 0.25) is 5.82 Å². The van der Waals surface area contributed by atoms with Crippen molar-refractivity contribution >= 4 is 0 Å². The molecule has 21 heavy (non-hydrogen) atoms. The van der Waals surface area contributed by atoms with E-state index in [0.29, 0.717) is 23.0 Å². The second kappa shape index (κ2) is 5.62. The van der Waals surface area contributed by atoms with Gasteiger partial charge in [-0.1, -0.05) is 24.4 Å². The van der Waals surface area contributed by atoms with Gasteiger partial charge in [-0.2, -0.15) is 10.2 Å². The largest absolute Gasteiger partial charge is 0.370 e. The van der Waals surface area contributed by atoms with E-state index in [1.54, 1.807) is 25.4 Å². The molecule has 6 heteroatoms. The SMILES string of the molecule is COC1(c2noc(-c3ccc(C#N)nc3)n2)CCCCC1. The van der Waals surface area contributed by atoms with Gasteiger partial charge >= 0.3 is 0 Å². The summed E-state index contributed by atoms with van der Waals surface area (Å²) in [5.74, 6) is 1.01. The van der Waals surface area contributed by atoms with Gasteiger partial charge < -0.3 is 9.26 Å². The third-order valence-corrected chi connectivity index (χ3v) is 4.01. The van der Waals surface area contributed by atoms with Crippen LogP contribution in [0, 0.1) is 11.3 Å². The number of aromatic nitrogens is 3. The highest BCUT2D eigenvalue weighted by Crippen LogP contribution is 2.39. The van der Waals surface area contributed by atoms with Gasteiger partial charge in [0.25, 0.3) is 5.89 Å². The van der Waals surface area contributed by atoms with Crippen LogP contribution >= 0.6 is 0 Å². The second-order valence-corrected chi connectivity index (χ2v) is 5.23. The minimum Gasteiger partial charge on any atom is -0.370 e. The molecule has 1 aliphatic carbocycles. The number of nitriles is 1. The van der Waals surface area contributed by atoms with Crippen LogP contribution in [0.25, 0.3) is 11.5 Å². The van der Waals surface area contributed by atoms with Gasteiger partial charge in [-0.15, -0.1) is 0 Å². The molecule has 0 spiro atoms. The van der Waals surface area contributed by atoms with E-state index in [0.717, 1.165) is 25.7 Å². The second-order valence-electron chi connectivity index (χ2n) is 5.23. The maximum absolute atomic E-state index is 8.76. The van der Waals surface area contributed by atoms with E-state index >= 15 is 0 Å². The maximum atomic E-state index is 8.76. The Hall–Kier alpha value is -2.26. The van der Waals surface area contributed by atoms with Crippen molar-refractivity contribution in [3.63, 3.8) is 0 Å². The normalized spacial score (nSPS) is 17.3. The number of hydrogen-bond acceptors (Lipinski definition) is 6. The summed E-state index contributed by atoms with van der Waals surface area (Å²) >= 11 is 0. The Morgan fingerprint density at radius 2 is 2.10 bits per heavy atom. The molecule has 0 unspecified atom stereocenters. The zero-order valence-electron chi connectivity index (χ0n) is 11.9. The molecular formula is C15H16N4O2. The van der Waals surface area contributed by atoms with E-state index in [2.05, 4.69) is 15.1 Å². The first-order valence-corrected chi connectivity index (χ1v) is 7.03. The molecule has 108 valence electrons. The topological polar surface area (TPSA) is 84.8 Å². The molecule has 0 atom stereocenters. The predicted molar refractivity (Wildman–Crippen MR) is 74.0 cm³/mol. The van der Waals surface area contributed by atoms with Gasteiger partial charge in [-0.25, -0.2) is 4.98 Å². The Morgan fingerprint density at radius 3 is 2.71 bits per heavy atom. The van der Waals surface area contributed by atoms with Gasteiger partial charge in [0.05, 0.1) is 5.56 Å². The first-order valence-electron chi connectivity index (χ1n) is 7.03.